The van der Waals surface area contributed by atoms with Crippen molar-refractivity contribution < 1.29 is 93.9 Å². The van der Waals surface area contributed by atoms with Gasteiger partial charge in [0.05, 0.1) is 30.8 Å². The molecule has 0 aromatic carbocycles. The highest BCUT2D eigenvalue weighted by Crippen LogP contribution is 2.75. The molecule has 4 saturated carbocycles. The monoisotopic (exact) mass is 954 g/mol. The lowest BCUT2D eigenvalue weighted by Crippen LogP contribution is -2.68. The van der Waals surface area contributed by atoms with Crippen molar-refractivity contribution in [3.63, 3.8) is 0 Å². The number of ether oxygens (including phenoxy) is 6. The minimum absolute atomic E-state index is 0.0768. The summed E-state index contributed by atoms with van der Waals surface area (Å²) in [6.07, 6.45) is -20.6. The SMILES string of the molecule is C[C@@H]1O[C@@H](O[C@H]2[C@H](O)[C@@H](O)[C@H](OC[C@H]3O[C@@H](OC(=O)[C@@]45CC[C@]6(C)C(=C[C@@H](O)[C@@H]7[C@]8(C)CCC(=O)C(C)(C)[C@H]8CC[C@]76C)[C@H]4CC(C)(C)C(=O)C5)[C@H](O)[C@@H](O)[C@@H]3O)O[C@@H]2CO)[C@H](O)[C@H](O)[C@H]1O. The van der Waals surface area contributed by atoms with Crippen LogP contribution in [0.25, 0.3) is 0 Å². The second kappa shape index (κ2) is 17.6. The molecule has 8 rings (SSSR count). The summed E-state index contributed by atoms with van der Waals surface area (Å²) < 4.78 is 34.4. The van der Waals surface area contributed by atoms with Crippen molar-refractivity contribution in [3.05, 3.63) is 11.6 Å². The van der Waals surface area contributed by atoms with Crippen molar-refractivity contribution in [2.75, 3.05) is 13.2 Å². The van der Waals surface area contributed by atoms with Crippen molar-refractivity contribution >= 4 is 17.5 Å². The van der Waals surface area contributed by atoms with E-state index in [4.69, 9.17) is 28.4 Å². The first-order valence-corrected chi connectivity index (χ1v) is 24.1. The highest BCUT2D eigenvalue weighted by molar-refractivity contribution is 5.93. The normalized spacial score (nSPS) is 52.7. The maximum Gasteiger partial charge on any atom is 0.315 e. The second-order valence-corrected chi connectivity index (χ2v) is 23.2. The quantitative estimate of drug-likeness (QED) is 0.109. The van der Waals surface area contributed by atoms with Crippen LogP contribution in [0.3, 0.4) is 0 Å². The van der Waals surface area contributed by atoms with Crippen molar-refractivity contribution in [1.29, 1.82) is 0 Å². The van der Waals surface area contributed by atoms with E-state index in [1.54, 1.807) is 0 Å². The summed E-state index contributed by atoms with van der Waals surface area (Å²) in [5, 5.41) is 109. The fraction of sp³-hybridized carbons (Fsp3) is 0.896. The fourth-order valence-electron chi connectivity index (χ4n) is 14.5. The molecule has 0 spiro atoms. The second-order valence-electron chi connectivity index (χ2n) is 23.2. The van der Waals surface area contributed by atoms with E-state index in [2.05, 4.69) is 20.8 Å². The Hall–Kier alpha value is -2.05. The molecule has 23 atom stereocenters. The Morgan fingerprint density at radius 2 is 1.34 bits per heavy atom. The van der Waals surface area contributed by atoms with Gasteiger partial charge in [0, 0.05) is 29.6 Å². The number of allylic oxidation sites excluding steroid dienone is 1. The molecule has 380 valence electrons. The molecule has 3 saturated heterocycles. The molecule has 19 heteroatoms. The van der Waals surface area contributed by atoms with Crippen molar-refractivity contribution in [3.8, 4) is 0 Å². The zero-order chi connectivity index (χ0) is 49.3. The van der Waals surface area contributed by atoms with Crippen LogP contribution >= 0.6 is 0 Å². The maximum atomic E-state index is 15.0. The molecule has 0 bridgehead atoms. The van der Waals surface area contributed by atoms with Crippen LogP contribution in [0.2, 0.25) is 0 Å². The van der Waals surface area contributed by atoms with Crippen molar-refractivity contribution in [1.82, 2.24) is 0 Å². The molecule has 0 radical (unpaired) electrons. The molecule has 0 aromatic rings. The van der Waals surface area contributed by atoms with Crippen molar-refractivity contribution in [2.24, 2.45) is 50.2 Å². The first kappa shape index (κ1) is 51.3. The third-order valence-corrected chi connectivity index (χ3v) is 18.9. The first-order chi connectivity index (χ1) is 31.1. The van der Waals surface area contributed by atoms with Crippen molar-refractivity contribution in [2.45, 2.75) is 205 Å². The number of hydrogen-bond acceptors (Lipinski definition) is 19. The largest absolute Gasteiger partial charge is 0.432 e. The van der Waals surface area contributed by atoms with E-state index in [0.29, 0.717) is 19.3 Å². The summed E-state index contributed by atoms with van der Waals surface area (Å²) >= 11 is 0. The summed E-state index contributed by atoms with van der Waals surface area (Å²) in [4.78, 5) is 42.2. The maximum absolute atomic E-state index is 15.0. The molecule has 3 aliphatic heterocycles. The first-order valence-electron chi connectivity index (χ1n) is 24.1. The van der Waals surface area contributed by atoms with Gasteiger partial charge in [-0.15, -0.1) is 0 Å². The minimum Gasteiger partial charge on any atom is -0.432 e. The zero-order valence-corrected chi connectivity index (χ0v) is 39.8. The molecule has 0 unspecified atom stereocenters. The van der Waals surface area contributed by atoms with Gasteiger partial charge in [0.25, 0.3) is 0 Å². The number of aliphatic hydroxyl groups is 10. The Morgan fingerprint density at radius 1 is 0.716 bits per heavy atom. The smallest absolute Gasteiger partial charge is 0.315 e. The summed E-state index contributed by atoms with van der Waals surface area (Å²) in [5.74, 6) is -1.43. The molecular weight excluding hydrogens is 881 g/mol. The number of rotatable bonds is 8. The van der Waals surface area contributed by atoms with Crippen LogP contribution in [-0.2, 0) is 42.8 Å². The Morgan fingerprint density at radius 3 is 2.01 bits per heavy atom. The summed E-state index contributed by atoms with van der Waals surface area (Å²) in [7, 11) is 0. The van der Waals surface area contributed by atoms with Gasteiger partial charge in [-0.3, -0.25) is 14.4 Å². The standard InChI is InChI=1S/C48H74O19/c1-20-29(53)31(55)34(58)40(63-20)66-37-24(18-49)64-39(36(60)33(37)57)62-19-25-30(54)32(56)35(59)41(65-25)67-42(61)48-14-13-46(7)21(22(48)16-43(2,3)28(52)17-48)15-23(50)38-45(6)11-10-27(51)44(4,5)26(45)9-12-47(38,46)8/h15,20,22-26,29-41,49-50,53-60H,9-14,16-19H2,1-8H3/t20-,22+,23+,24+,25+,26+,29-,30+,31+,32-,33+,34+,35+,36+,37+,38+,39+,40-,41-,45+,46+,47+,48+/m0/s1. The Balaban J connectivity index is 1.00. The van der Waals surface area contributed by atoms with Gasteiger partial charge in [0.15, 0.2) is 12.6 Å². The topological polar surface area (TPSA) is 309 Å². The average molecular weight is 955 g/mol. The Kier molecular flexibility index (Phi) is 13.5. The molecule has 19 nitrogen and oxygen atoms in total. The van der Waals surface area contributed by atoms with Crippen LogP contribution in [0.4, 0.5) is 0 Å². The number of fused-ring (bicyclic) bond motifs is 7. The van der Waals surface area contributed by atoms with Gasteiger partial charge in [-0.1, -0.05) is 60.1 Å². The van der Waals surface area contributed by atoms with Crippen LogP contribution in [0.5, 0.6) is 0 Å². The number of Topliss-reactive ketones (excluding diaryl/α,β-unsaturated/α-hetero) is 2. The lowest BCUT2D eigenvalue weighted by Gasteiger charge is -2.71. The molecule has 10 N–H and O–H groups in total. The third kappa shape index (κ3) is 7.84. The predicted molar refractivity (Wildman–Crippen MR) is 230 cm³/mol. The number of carbonyl (C=O) groups is 3. The third-order valence-electron chi connectivity index (χ3n) is 18.9. The highest BCUT2D eigenvalue weighted by Gasteiger charge is 2.72. The van der Waals surface area contributed by atoms with Gasteiger partial charge in [-0.25, -0.2) is 0 Å². The number of hydrogen-bond donors (Lipinski definition) is 10. The van der Waals surface area contributed by atoms with Gasteiger partial charge >= 0.3 is 5.97 Å². The van der Waals surface area contributed by atoms with Gasteiger partial charge < -0.3 is 79.5 Å². The minimum atomic E-state index is -1.96. The van der Waals surface area contributed by atoms with E-state index < -0.39 is 150 Å². The molecule has 0 aromatic heterocycles. The average Bonchev–Trinajstić information content (AvgIpc) is 3.26. The molecule has 67 heavy (non-hydrogen) atoms. The Bertz CT molecular complexity index is 1940. The molecule has 8 aliphatic rings. The number of ketones is 2. The number of aliphatic hydroxyl groups excluding tert-OH is 10. The van der Waals surface area contributed by atoms with E-state index in [0.717, 1.165) is 18.4 Å². The summed E-state index contributed by atoms with van der Waals surface area (Å²) in [6, 6.07) is 0. The lowest BCUT2D eigenvalue weighted by molar-refractivity contribution is -0.361. The number of carbonyl (C=O) groups excluding carboxylic acids is 3. The molecular formula is C48H74O19. The van der Waals surface area contributed by atoms with Gasteiger partial charge in [0.1, 0.15) is 78.7 Å². The van der Waals surface area contributed by atoms with Crippen LogP contribution < -0.4 is 0 Å². The van der Waals surface area contributed by atoms with Gasteiger partial charge in [-0.2, -0.15) is 0 Å². The number of esters is 1. The van der Waals surface area contributed by atoms with Crippen LogP contribution in [0.1, 0.15) is 107 Å². The Labute approximate surface area is 390 Å². The van der Waals surface area contributed by atoms with Crippen LogP contribution in [0.15, 0.2) is 11.6 Å². The van der Waals surface area contributed by atoms with E-state index >= 15 is 0 Å². The van der Waals surface area contributed by atoms with Gasteiger partial charge in [-0.05, 0) is 73.5 Å². The van der Waals surface area contributed by atoms with Gasteiger partial charge in [0.2, 0.25) is 6.29 Å². The molecule has 7 fully saturated rings. The zero-order valence-electron chi connectivity index (χ0n) is 39.8. The van der Waals surface area contributed by atoms with E-state index in [1.807, 2.05) is 33.8 Å². The van der Waals surface area contributed by atoms with E-state index in [9.17, 15) is 65.4 Å². The van der Waals surface area contributed by atoms with E-state index in [-0.39, 0.29) is 48.1 Å². The molecule has 0 amide bonds. The lowest BCUT2D eigenvalue weighted by atomic mass is 9.33. The fourth-order valence-corrected chi connectivity index (χ4v) is 14.5. The van der Waals surface area contributed by atoms with Crippen LogP contribution in [-0.4, -0.2) is 180 Å². The molecule has 5 aliphatic carbocycles. The highest BCUT2D eigenvalue weighted by atomic mass is 16.8. The van der Waals surface area contributed by atoms with Crippen LogP contribution in [0, 0.1) is 50.2 Å². The predicted octanol–water partition coefficient (Wildman–Crippen LogP) is -0.474. The van der Waals surface area contributed by atoms with E-state index in [1.165, 1.54) is 6.92 Å². The summed E-state index contributed by atoms with van der Waals surface area (Å²) in [5.41, 5.74) is -3.23. The summed E-state index contributed by atoms with van der Waals surface area (Å²) in [6.45, 7) is 14.4. The molecule has 3 heterocycles.